The van der Waals surface area contributed by atoms with Crippen molar-refractivity contribution in [3.8, 4) is 5.75 Å². The zero-order valence-corrected chi connectivity index (χ0v) is 12.0. The molecule has 0 aromatic heterocycles. The number of hydrogen-bond acceptors (Lipinski definition) is 2. The van der Waals surface area contributed by atoms with Crippen LogP contribution < -0.4 is 10.1 Å². The number of benzene rings is 1. The van der Waals surface area contributed by atoms with Crippen molar-refractivity contribution >= 4 is 0 Å². The van der Waals surface area contributed by atoms with E-state index < -0.39 is 0 Å². The van der Waals surface area contributed by atoms with E-state index in [9.17, 15) is 4.39 Å². The summed E-state index contributed by atoms with van der Waals surface area (Å²) in [4.78, 5) is 0. The van der Waals surface area contributed by atoms with Gasteiger partial charge in [0.15, 0.2) is 11.6 Å². The Balaban J connectivity index is 2.85. The van der Waals surface area contributed by atoms with Gasteiger partial charge in [-0.25, -0.2) is 4.39 Å². The molecule has 102 valence electrons. The van der Waals surface area contributed by atoms with Gasteiger partial charge in [0.1, 0.15) is 0 Å². The van der Waals surface area contributed by atoms with Gasteiger partial charge < -0.3 is 10.1 Å². The predicted octanol–water partition coefficient (Wildman–Crippen LogP) is 3.50. The van der Waals surface area contributed by atoms with Crippen LogP contribution in [0.5, 0.6) is 5.75 Å². The monoisotopic (exact) mass is 253 g/mol. The van der Waals surface area contributed by atoms with E-state index in [1.807, 2.05) is 13.0 Å². The summed E-state index contributed by atoms with van der Waals surface area (Å²) < 4.78 is 19.0. The highest BCUT2D eigenvalue weighted by Gasteiger charge is 2.22. The van der Waals surface area contributed by atoms with E-state index >= 15 is 0 Å². The zero-order chi connectivity index (χ0) is 13.8. The molecule has 1 N–H and O–H groups in total. The van der Waals surface area contributed by atoms with E-state index in [1.54, 1.807) is 12.1 Å². The fourth-order valence-corrected chi connectivity index (χ4v) is 1.76. The first-order valence-electron chi connectivity index (χ1n) is 6.53. The molecule has 0 radical (unpaired) electrons. The number of halogens is 1. The molecule has 0 atom stereocenters. The van der Waals surface area contributed by atoms with Crippen molar-refractivity contribution in [2.24, 2.45) is 0 Å². The zero-order valence-electron chi connectivity index (χ0n) is 12.0. The van der Waals surface area contributed by atoms with Crippen molar-refractivity contribution in [3.63, 3.8) is 0 Å². The molecule has 0 fully saturated rings. The van der Waals surface area contributed by atoms with E-state index in [0.29, 0.717) is 18.4 Å². The van der Waals surface area contributed by atoms with Crippen LogP contribution in [-0.2, 0) is 5.41 Å². The molecule has 0 spiro atoms. The third kappa shape index (κ3) is 3.98. The van der Waals surface area contributed by atoms with Gasteiger partial charge >= 0.3 is 0 Å². The second-order valence-corrected chi connectivity index (χ2v) is 5.50. The normalized spacial score (nSPS) is 11.9. The van der Waals surface area contributed by atoms with E-state index in [2.05, 4.69) is 33.0 Å². The highest BCUT2D eigenvalue weighted by atomic mass is 19.1. The molecule has 0 aliphatic carbocycles. The molecule has 18 heavy (non-hydrogen) atoms. The summed E-state index contributed by atoms with van der Waals surface area (Å²) in [6.45, 7) is 11.6. The van der Waals surface area contributed by atoms with Crippen molar-refractivity contribution < 1.29 is 9.13 Å². The van der Waals surface area contributed by atoms with E-state index in [0.717, 1.165) is 12.1 Å². The molecule has 0 saturated carbocycles. The van der Waals surface area contributed by atoms with Crippen LogP contribution in [-0.4, -0.2) is 19.2 Å². The van der Waals surface area contributed by atoms with Crippen LogP contribution in [0.25, 0.3) is 0 Å². The first-order valence-corrected chi connectivity index (χ1v) is 6.53. The summed E-state index contributed by atoms with van der Waals surface area (Å²) >= 11 is 0. The molecular weight excluding hydrogens is 229 g/mol. The summed E-state index contributed by atoms with van der Waals surface area (Å²) in [7, 11) is 0. The highest BCUT2D eigenvalue weighted by Crippen LogP contribution is 2.27. The number of hydrogen-bond donors (Lipinski definition) is 1. The fraction of sp³-hybridized carbons (Fsp3) is 0.600. The Labute approximate surface area is 110 Å². The minimum atomic E-state index is -0.285. The predicted molar refractivity (Wildman–Crippen MR) is 73.7 cm³/mol. The van der Waals surface area contributed by atoms with E-state index in [4.69, 9.17) is 4.74 Å². The van der Waals surface area contributed by atoms with E-state index in [1.165, 1.54) is 0 Å². The average Bonchev–Trinajstić information content (AvgIpc) is 2.29. The molecule has 0 unspecified atom stereocenters. The quantitative estimate of drug-likeness (QED) is 0.837. The summed E-state index contributed by atoms with van der Waals surface area (Å²) in [6.07, 6.45) is 0. The SMILES string of the molecule is CCOc1ccc(C(C)(C)CNC(C)C)cc1F. The summed E-state index contributed by atoms with van der Waals surface area (Å²) in [5.41, 5.74) is 0.882. The minimum absolute atomic E-state index is 0.101. The molecule has 1 rings (SSSR count). The van der Waals surface area contributed by atoms with Gasteiger partial charge in [-0.3, -0.25) is 0 Å². The molecule has 0 bridgehead atoms. The maximum atomic E-state index is 13.8. The van der Waals surface area contributed by atoms with Crippen molar-refractivity contribution in [1.82, 2.24) is 5.32 Å². The van der Waals surface area contributed by atoms with Crippen molar-refractivity contribution in [3.05, 3.63) is 29.6 Å². The van der Waals surface area contributed by atoms with Gasteiger partial charge in [0.25, 0.3) is 0 Å². The molecule has 3 heteroatoms. The Kier molecular flexibility index (Phi) is 5.15. The second-order valence-electron chi connectivity index (χ2n) is 5.50. The first kappa shape index (κ1) is 15.0. The van der Waals surface area contributed by atoms with Gasteiger partial charge in [0.05, 0.1) is 6.61 Å². The van der Waals surface area contributed by atoms with Crippen LogP contribution in [0.15, 0.2) is 18.2 Å². The third-order valence-corrected chi connectivity index (χ3v) is 2.97. The molecule has 2 nitrogen and oxygen atoms in total. The van der Waals surface area contributed by atoms with Gasteiger partial charge in [0.2, 0.25) is 0 Å². The molecular formula is C15H24FNO. The summed E-state index contributed by atoms with van der Waals surface area (Å²) in [6, 6.07) is 5.66. The van der Waals surface area contributed by atoms with Crippen LogP contribution in [0.4, 0.5) is 4.39 Å². The largest absolute Gasteiger partial charge is 0.491 e. The minimum Gasteiger partial charge on any atom is -0.491 e. The van der Waals surface area contributed by atoms with Gasteiger partial charge in [-0.2, -0.15) is 0 Å². The first-order chi connectivity index (χ1) is 8.36. The Bertz CT molecular complexity index is 388. The van der Waals surface area contributed by atoms with E-state index in [-0.39, 0.29) is 11.2 Å². The Morgan fingerprint density at radius 3 is 2.50 bits per heavy atom. The third-order valence-electron chi connectivity index (χ3n) is 2.97. The summed E-state index contributed by atoms with van der Waals surface area (Å²) in [5, 5.41) is 3.39. The number of nitrogens with one attached hydrogen (secondary N) is 1. The van der Waals surface area contributed by atoms with Crippen LogP contribution in [0.1, 0.15) is 40.2 Å². The molecule has 0 heterocycles. The maximum Gasteiger partial charge on any atom is 0.165 e. The Morgan fingerprint density at radius 2 is 2.00 bits per heavy atom. The molecule has 1 aromatic rings. The lowest BCUT2D eigenvalue weighted by Crippen LogP contribution is -2.36. The average molecular weight is 253 g/mol. The fourth-order valence-electron chi connectivity index (χ4n) is 1.76. The van der Waals surface area contributed by atoms with Crippen molar-refractivity contribution in [1.29, 1.82) is 0 Å². The van der Waals surface area contributed by atoms with Gasteiger partial charge in [-0.15, -0.1) is 0 Å². The lowest BCUT2D eigenvalue weighted by molar-refractivity contribution is 0.320. The molecule has 0 amide bonds. The Hall–Kier alpha value is -1.09. The smallest absolute Gasteiger partial charge is 0.165 e. The van der Waals surface area contributed by atoms with Crippen LogP contribution in [0, 0.1) is 5.82 Å². The topological polar surface area (TPSA) is 21.3 Å². The second kappa shape index (κ2) is 6.19. The molecule has 0 aliphatic heterocycles. The summed E-state index contributed by atoms with van der Waals surface area (Å²) in [5.74, 6) is 0.0424. The Morgan fingerprint density at radius 1 is 1.33 bits per heavy atom. The standard InChI is InChI=1S/C15H24FNO/c1-6-18-14-8-7-12(9-13(14)16)15(4,5)10-17-11(2)3/h7-9,11,17H,6,10H2,1-5H3. The van der Waals surface area contributed by atoms with Crippen molar-refractivity contribution in [2.45, 2.75) is 46.1 Å². The number of rotatable bonds is 6. The van der Waals surface area contributed by atoms with Gasteiger partial charge in [-0.05, 0) is 24.6 Å². The van der Waals surface area contributed by atoms with Crippen LogP contribution in [0.2, 0.25) is 0 Å². The highest BCUT2D eigenvalue weighted by molar-refractivity contribution is 5.33. The van der Waals surface area contributed by atoms with Gasteiger partial charge in [0, 0.05) is 18.0 Å². The van der Waals surface area contributed by atoms with Crippen LogP contribution in [0.3, 0.4) is 0 Å². The molecule has 0 saturated heterocycles. The number of ether oxygens (including phenoxy) is 1. The maximum absolute atomic E-state index is 13.8. The van der Waals surface area contributed by atoms with Crippen molar-refractivity contribution in [2.75, 3.05) is 13.2 Å². The lowest BCUT2D eigenvalue weighted by Gasteiger charge is -2.27. The van der Waals surface area contributed by atoms with Gasteiger partial charge in [-0.1, -0.05) is 33.8 Å². The molecule has 0 aliphatic rings. The molecule has 1 aromatic carbocycles. The lowest BCUT2D eigenvalue weighted by atomic mass is 9.84. The van der Waals surface area contributed by atoms with Crippen LogP contribution >= 0.6 is 0 Å².